The molecule has 0 atom stereocenters. The average Bonchev–Trinajstić information content (AvgIpc) is 3.03. The molecule has 3 rings (SSSR count). The van der Waals surface area contributed by atoms with Gasteiger partial charge in [0.25, 0.3) is 5.91 Å². The Hall–Kier alpha value is -1.66. The van der Waals surface area contributed by atoms with Gasteiger partial charge in [-0.2, -0.15) is 4.37 Å². The average molecular weight is 291 g/mol. The van der Waals surface area contributed by atoms with Crippen LogP contribution in [-0.4, -0.2) is 14.8 Å². The number of aromatic nitrogens is 2. The number of carbonyl (C=O) groups is 1. The van der Waals surface area contributed by atoms with Crippen molar-refractivity contribution in [1.82, 2.24) is 8.94 Å². The topological polar surface area (TPSA) is 46.9 Å². The van der Waals surface area contributed by atoms with Gasteiger partial charge in [0.2, 0.25) is 0 Å². The smallest absolute Gasteiger partial charge is 0.272 e. The number of aryl methyl sites for hydroxylation is 3. The molecule has 0 bridgehead atoms. The van der Waals surface area contributed by atoms with Crippen LogP contribution in [0.25, 0.3) is 10.2 Å². The van der Waals surface area contributed by atoms with E-state index in [2.05, 4.69) is 9.69 Å². The van der Waals surface area contributed by atoms with E-state index in [1.165, 1.54) is 11.5 Å². The zero-order valence-corrected chi connectivity index (χ0v) is 12.5. The van der Waals surface area contributed by atoms with Crippen molar-refractivity contribution in [2.45, 2.75) is 13.8 Å². The summed E-state index contributed by atoms with van der Waals surface area (Å²) in [5.41, 5.74) is 3.46. The lowest BCUT2D eigenvalue weighted by Gasteiger charge is -2.06. The van der Waals surface area contributed by atoms with Gasteiger partial charge in [-0.3, -0.25) is 4.79 Å². The largest absolute Gasteiger partial charge is 0.339 e. The van der Waals surface area contributed by atoms with Gasteiger partial charge in [0.15, 0.2) is 0 Å². The molecule has 0 spiro atoms. The van der Waals surface area contributed by atoms with Crippen LogP contribution in [0.1, 0.15) is 21.1 Å². The standard InChI is InChI=1S/C13H13N3OS2/c1-7-12(8(2)19-15-7)14-13(17)10-6-11-9(16(10)3)4-5-18-11/h4-6H,1-3H3,(H,14,17). The van der Waals surface area contributed by atoms with E-state index < -0.39 is 0 Å². The molecule has 19 heavy (non-hydrogen) atoms. The number of carbonyl (C=O) groups excluding carboxylic acids is 1. The van der Waals surface area contributed by atoms with Gasteiger partial charge in [-0.1, -0.05) is 0 Å². The van der Waals surface area contributed by atoms with Crippen LogP contribution in [0.15, 0.2) is 17.5 Å². The van der Waals surface area contributed by atoms with Crippen molar-refractivity contribution < 1.29 is 4.79 Å². The van der Waals surface area contributed by atoms with Crippen molar-refractivity contribution in [3.8, 4) is 0 Å². The molecule has 0 aromatic carbocycles. The zero-order valence-electron chi connectivity index (χ0n) is 10.9. The SMILES string of the molecule is Cc1nsc(C)c1NC(=O)c1cc2sccc2n1C. The van der Waals surface area contributed by atoms with Crippen LogP contribution >= 0.6 is 22.9 Å². The fourth-order valence-corrected chi connectivity index (χ4v) is 3.61. The van der Waals surface area contributed by atoms with Crippen LogP contribution in [-0.2, 0) is 7.05 Å². The van der Waals surface area contributed by atoms with Crippen LogP contribution < -0.4 is 5.32 Å². The number of amides is 1. The maximum atomic E-state index is 12.4. The third-order valence-corrected chi connectivity index (χ3v) is 4.86. The molecule has 0 unspecified atom stereocenters. The molecule has 0 fully saturated rings. The fraction of sp³-hybridized carbons (Fsp3) is 0.231. The van der Waals surface area contributed by atoms with Crippen molar-refractivity contribution in [3.63, 3.8) is 0 Å². The molecule has 3 aromatic rings. The lowest BCUT2D eigenvalue weighted by atomic mass is 10.3. The van der Waals surface area contributed by atoms with Crippen LogP contribution in [0.2, 0.25) is 0 Å². The third-order valence-electron chi connectivity index (χ3n) is 3.17. The summed E-state index contributed by atoms with van der Waals surface area (Å²) >= 11 is 3.05. The van der Waals surface area contributed by atoms with E-state index in [1.54, 1.807) is 11.3 Å². The van der Waals surface area contributed by atoms with E-state index in [1.807, 2.05) is 43.0 Å². The highest BCUT2D eigenvalue weighted by atomic mass is 32.1. The van der Waals surface area contributed by atoms with Gasteiger partial charge in [-0.15, -0.1) is 11.3 Å². The Morgan fingerprint density at radius 3 is 2.84 bits per heavy atom. The molecule has 4 nitrogen and oxygen atoms in total. The molecule has 3 heterocycles. The molecule has 1 N–H and O–H groups in total. The quantitative estimate of drug-likeness (QED) is 0.784. The molecule has 98 valence electrons. The molecule has 1 amide bonds. The number of anilines is 1. The molecule has 0 saturated heterocycles. The summed E-state index contributed by atoms with van der Waals surface area (Å²) in [6.07, 6.45) is 0. The lowest BCUT2D eigenvalue weighted by molar-refractivity contribution is 0.101. The molecule has 0 radical (unpaired) electrons. The molecule has 0 aliphatic rings. The van der Waals surface area contributed by atoms with Crippen LogP contribution in [0.4, 0.5) is 5.69 Å². The van der Waals surface area contributed by atoms with E-state index in [9.17, 15) is 4.79 Å². The molecule has 3 aromatic heterocycles. The Morgan fingerprint density at radius 2 is 2.21 bits per heavy atom. The first-order valence-electron chi connectivity index (χ1n) is 5.85. The number of hydrogen-bond acceptors (Lipinski definition) is 4. The first-order valence-corrected chi connectivity index (χ1v) is 7.50. The molecular weight excluding hydrogens is 278 g/mol. The maximum Gasteiger partial charge on any atom is 0.272 e. The van der Waals surface area contributed by atoms with E-state index in [4.69, 9.17) is 0 Å². The van der Waals surface area contributed by atoms with Crippen molar-refractivity contribution in [2.24, 2.45) is 7.05 Å². The van der Waals surface area contributed by atoms with Gasteiger partial charge < -0.3 is 9.88 Å². The minimum atomic E-state index is -0.0858. The number of rotatable bonds is 2. The third kappa shape index (κ3) is 1.97. The van der Waals surface area contributed by atoms with E-state index in [-0.39, 0.29) is 5.91 Å². The highest BCUT2D eigenvalue weighted by Crippen LogP contribution is 2.27. The number of thiophene rings is 1. The first kappa shape index (κ1) is 12.4. The van der Waals surface area contributed by atoms with Gasteiger partial charge in [-0.05, 0) is 42.9 Å². The van der Waals surface area contributed by atoms with Crippen molar-refractivity contribution in [2.75, 3.05) is 5.32 Å². The Kier molecular flexibility index (Phi) is 2.91. The molecule has 6 heteroatoms. The number of hydrogen-bond donors (Lipinski definition) is 1. The Bertz CT molecular complexity index is 747. The summed E-state index contributed by atoms with van der Waals surface area (Å²) in [5, 5.41) is 4.99. The van der Waals surface area contributed by atoms with Gasteiger partial charge in [0.1, 0.15) is 5.69 Å². The molecule has 0 saturated carbocycles. The number of nitrogens with zero attached hydrogens (tertiary/aromatic N) is 2. The second-order valence-corrected chi connectivity index (χ2v) is 6.34. The zero-order chi connectivity index (χ0) is 13.6. The summed E-state index contributed by atoms with van der Waals surface area (Å²) < 4.78 is 7.29. The fourth-order valence-electron chi connectivity index (χ4n) is 2.11. The van der Waals surface area contributed by atoms with Crippen LogP contribution in [0.5, 0.6) is 0 Å². The Balaban J connectivity index is 1.96. The van der Waals surface area contributed by atoms with Crippen LogP contribution in [0.3, 0.4) is 0 Å². The van der Waals surface area contributed by atoms with Gasteiger partial charge in [0, 0.05) is 11.9 Å². The number of nitrogens with one attached hydrogen (secondary N) is 1. The molecular formula is C13H13N3OS2. The van der Waals surface area contributed by atoms with Crippen molar-refractivity contribution >= 4 is 44.7 Å². The maximum absolute atomic E-state index is 12.4. The summed E-state index contributed by atoms with van der Waals surface area (Å²) in [4.78, 5) is 13.4. The van der Waals surface area contributed by atoms with E-state index >= 15 is 0 Å². The summed E-state index contributed by atoms with van der Waals surface area (Å²) in [6.45, 7) is 3.87. The van der Waals surface area contributed by atoms with Crippen molar-refractivity contribution in [3.05, 3.63) is 33.8 Å². The van der Waals surface area contributed by atoms with Crippen LogP contribution in [0, 0.1) is 13.8 Å². The summed E-state index contributed by atoms with van der Waals surface area (Å²) in [5.74, 6) is -0.0858. The van der Waals surface area contributed by atoms with Gasteiger partial charge in [-0.25, -0.2) is 0 Å². The monoisotopic (exact) mass is 291 g/mol. The Labute approximate surface area is 118 Å². The normalized spacial score (nSPS) is 11.1. The first-order chi connectivity index (χ1) is 9.08. The highest BCUT2D eigenvalue weighted by Gasteiger charge is 2.16. The predicted molar refractivity (Wildman–Crippen MR) is 80.3 cm³/mol. The second kappa shape index (κ2) is 4.47. The summed E-state index contributed by atoms with van der Waals surface area (Å²) in [6, 6.07) is 3.96. The molecule has 0 aliphatic heterocycles. The lowest BCUT2D eigenvalue weighted by Crippen LogP contribution is -2.16. The van der Waals surface area contributed by atoms with Gasteiger partial charge in [0.05, 0.1) is 21.6 Å². The predicted octanol–water partition coefficient (Wildman–Crippen LogP) is 3.57. The number of fused-ring (bicyclic) bond motifs is 1. The highest BCUT2D eigenvalue weighted by molar-refractivity contribution is 7.17. The molecule has 0 aliphatic carbocycles. The second-order valence-electron chi connectivity index (χ2n) is 4.41. The minimum Gasteiger partial charge on any atom is -0.339 e. The van der Waals surface area contributed by atoms with Gasteiger partial charge >= 0.3 is 0 Å². The van der Waals surface area contributed by atoms with Crippen molar-refractivity contribution in [1.29, 1.82) is 0 Å². The summed E-state index contributed by atoms with van der Waals surface area (Å²) in [7, 11) is 1.91. The Morgan fingerprint density at radius 1 is 1.42 bits per heavy atom. The van der Waals surface area contributed by atoms with E-state index in [0.717, 1.165) is 26.5 Å². The van der Waals surface area contributed by atoms with E-state index in [0.29, 0.717) is 5.69 Å². The minimum absolute atomic E-state index is 0.0858.